The van der Waals surface area contributed by atoms with Gasteiger partial charge in [0.1, 0.15) is 13.2 Å². The molecule has 0 aliphatic carbocycles. The van der Waals surface area contributed by atoms with Crippen molar-refractivity contribution in [2.75, 3.05) is 13.2 Å². The Morgan fingerprint density at radius 3 is 0.910 bits per heavy atom. The Labute approximate surface area is 414 Å². The molecular formula is C61H106O6. The SMILES string of the molecule is CC/C=C\C/C=C\C/C=C\C/C=C\C/C=C\C/C=C\CCCCCCCCC(=O)OCC(COC(=O)CCCCCCCCCCCC)OC(=O)CCCCCCCCCCCCCCCC. The molecule has 0 amide bonds. The number of unbranched alkanes of at least 4 members (excludes halogenated alkanes) is 28. The molecule has 386 valence electrons. The molecule has 0 fully saturated rings. The lowest BCUT2D eigenvalue weighted by atomic mass is 10.0. The summed E-state index contributed by atoms with van der Waals surface area (Å²) in [5.74, 6) is -0.884. The van der Waals surface area contributed by atoms with Crippen molar-refractivity contribution >= 4 is 17.9 Å². The predicted molar refractivity (Wildman–Crippen MR) is 288 cm³/mol. The molecule has 0 rings (SSSR count). The van der Waals surface area contributed by atoms with Gasteiger partial charge in [-0.2, -0.15) is 0 Å². The second-order valence-corrected chi connectivity index (χ2v) is 18.8. The van der Waals surface area contributed by atoms with Crippen LogP contribution in [0.4, 0.5) is 0 Å². The highest BCUT2D eigenvalue weighted by Gasteiger charge is 2.19. The largest absolute Gasteiger partial charge is 0.462 e. The quantitative estimate of drug-likeness (QED) is 0.0262. The molecule has 6 heteroatoms. The van der Waals surface area contributed by atoms with Gasteiger partial charge in [-0.25, -0.2) is 0 Å². The minimum Gasteiger partial charge on any atom is -0.462 e. The second kappa shape index (κ2) is 55.4. The third-order valence-corrected chi connectivity index (χ3v) is 12.2. The highest BCUT2D eigenvalue weighted by atomic mass is 16.6. The van der Waals surface area contributed by atoms with Crippen LogP contribution in [0.5, 0.6) is 0 Å². The van der Waals surface area contributed by atoms with E-state index in [0.717, 1.165) is 103 Å². The van der Waals surface area contributed by atoms with Crippen LogP contribution in [0.3, 0.4) is 0 Å². The van der Waals surface area contributed by atoms with Crippen LogP contribution in [0, 0.1) is 0 Å². The first-order valence-electron chi connectivity index (χ1n) is 28.4. The maximum absolute atomic E-state index is 12.8. The highest BCUT2D eigenvalue weighted by molar-refractivity contribution is 5.71. The number of rotatable bonds is 51. The van der Waals surface area contributed by atoms with Gasteiger partial charge in [-0.3, -0.25) is 14.4 Å². The van der Waals surface area contributed by atoms with Crippen molar-refractivity contribution in [3.63, 3.8) is 0 Å². The molecule has 0 heterocycles. The molecule has 1 atom stereocenters. The van der Waals surface area contributed by atoms with Crippen LogP contribution in [0.2, 0.25) is 0 Å². The summed E-state index contributed by atoms with van der Waals surface area (Å²) in [6.07, 6.45) is 70.4. The van der Waals surface area contributed by atoms with E-state index in [2.05, 4.69) is 93.7 Å². The van der Waals surface area contributed by atoms with E-state index in [9.17, 15) is 14.4 Å². The number of hydrogen-bond acceptors (Lipinski definition) is 6. The van der Waals surface area contributed by atoms with Gasteiger partial charge in [-0.05, 0) is 70.6 Å². The van der Waals surface area contributed by atoms with Crippen LogP contribution in [-0.4, -0.2) is 37.2 Å². The van der Waals surface area contributed by atoms with Crippen molar-refractivity contribution in [2.45, 2.75) is 284 Å². The molecule has 0 radical (unpaired) electrons. The normalized spacial score (nSPS) is 12.6. The van der Waals surface area contributed by atoms with E-state index in [1.54, 1.807) is 0 Å². The zero-order valence-electron chi connectivity index (χ0n) is 44.2. The number of esters is 3. The maximum Gasteiger partial charge on any atom is 0.306 e. The van der Waals surface area contributed by atoms with Gasteiger partial charge in [0.25, 0.3) is 0 Å². The molecule has 0 bridgehead atoms. The Morgan fingerprint density at radius 1 is 0.313 bits per heavy atom. The zero-order valence-corrected chi connectivity index (χ0v) is 44.2. The smallest absolute Gasteiger partial charge is 0.306 e. The Morgan fingerprint density at radius 2 is 0.582 bits per heavy atom. The maximum atomic E-state index is 12.8. The molecule has 0 aromatic heterocycles. The van der Waals surface area contributed by atoms with Gasteiger partial charge in [0, 0.05) is 19.3 Å². The lowest BCUT2D eigenvalue weighted by molar-refractivity contribution is -0.167. The van der Waals surface area contributed by atoms with Gasteiger partial charge < -0.3 is 14.2 Å². The van der Waals surface area contributed by atoms with Crippen molar-refractivity contribution in [3.05, 3.63) is 72.9 Å². The Balaban J connectivity index is 4.29. The lowest BCUT2D eigenvalue weighted by Crippen LogP contribution is -2.30. The number of carbonyl (C=O) groups excluding carboxylic acids is 3. The van der Waals surface area contributed by atoms with Gasteiger partial charge in [0.05, 0.1) is 0 Å². The van der Waals surface area contributed by atoms with Crippen molar-refractivity contribution in [3.8, 4) is 0 Å². The fraction of sp³-hybridized carbons (Fsp3) is 0.754. The summed E-state index contributed by atoms with van der Waals surface area (Å²) in [7, 11) is 0. The van der Waals surface area contributed by atoms with E-state index in [-0.39, 0.29) is 31.1 Å². The minimum atomic E-state index is -0.777. The first-order valence-corrected chi connectivity index (χ1v) is 28.4. The van der Waals surface area contributed by atoms with Gasteiger partial charge in [0.15, 0.2) is 6.10 Å². The number of allylic oxidation sites excluding steroid dienone is 12. The third-order valence-electron chi connectivity index (χ3n) is 12.2. The van der Waals surface area contributed by atoms with Crippen LogP contribution in [-0.2, 0) is 28.6 Å². The fourth-order valence-electron chi connectivity index (χ4n) is 7.98. The van der Waals surface area contributed by atoms with E-state index >= 15 is 0 Å². The molecule has 0 aromatic carbocycles. The summed E-state index contributed by atoms with van der Waals surface area (Å²) in [6.45, 7) is 6.52. The summed E-state index contributed by atoms with van der Waals surface area (Å²) >= 11 is 0. The lowest BCUT2D eigenvalue weighted by Gasteiger charge is -2.18. The third kappa shape index (κ3) is 53.7. The summed E-state index contributed by atoms with van der Waals surface area (Å²) in [5.41, 5.74) is 0. The van der Waals surface area contributed by atoms with Gasteiger partial charge in [-0.1, -0.05) is 261 Å². The van der Waals surface area contributed by atoms with Crippen molar-refractivity contribution in [1.29, 1.82) is 0 Å². The van der Waals surface area contributed by atoms with Crippen molar-refractivity contribution in [1.82, 2.24) is 0 Å². The molecule has 0 saturated heterocycles. The molecule has 67 heavy (non-hydrogen) atoms. The van der Waals surface area contributed by atoms with E-state index in [0.29, 0.717) is 19.3 Å². The molecule has 6 nitrogen and oxygen atoms in total. The monoisotopic (exact) mass is 935 g/mol. The van der Waals surface area contributed by atoms with Crippen molar-refractivity contribution < 1.29 is 28.6 Å². The van der Waals surface area contributed by atoms with Gasteiger partial charge in [-0.15, -0.1) is 0 Å². The first kappa shape index (κ1) is 63.8. The molecular weight excluding hydrogens is 829 g/mol. The first-order chi connectivity index (χ1) is 33.0. The Kier molecular flexibility index (Phi) is 52.8. The zero-order chi connectivity index (χ0) is 48.6. The molecule has 0 saturated carbocycles. The summed E-state index contributed by atoms with van der Waals surface area (Å²) in [6, 6.07) is 0. The summed E-state index contributed by atoms with van der Waals surface area (Å²) in [4.78, 5) is 38.0. The molecule has 0 spiro atoms. The summed E-state index contributed by atoms with van der Waals surface area (Å²) in [5, 5.41) is 0. The van der Waals surface area contributed by atoms with Crippen LogP contribution in [0.25, 0.3) is 0 Å². The van der Waals surface area contributed by atoms with Crippen molar-refractivity contribution in [2.24, 2.45) is 0 Å². The van der Waals surface area contributed by atoms with Gasteiger partial charge in [0.2, 0.25) is 0 Å². The molecule has 1 unspecified atom stereocenters. The molecule has 0 aromatic rings. The van der Waals surface area contributed by atoms with Crippen LogP contribution in [0.15, 0.2) is 72.9 Å². The standard InChI is InChI=1S/C61H106O6/c1-4-7-10-13-16-19-22-24-26-27-28-29-30-31-32-33-34-35-36-38-39-42-45-48-51-54-60(63)66-57-58(56-65-59(62)53-50-47-44-41-21-18-15-12-9-6-3)67-61(64)55-52-49-46-43-40-37-25-23-20-17-14-11-8-5-2/h7,10,16,19,24,26,28-29,31-32,34-35,58H,4-6,8-9,11-15,17-18,20-23,25,27,30,33,36-57H2,1-3H3/b10-7-,19-16-,26-24-,29-28-,32-31-,35-34-. The van der Waals surface area contributed by atoms with Crippen LogP contribution < -0.4 is 0 Å². The molecule has 0 aliphatic rings. The average Bonchev–Trinajstić information content (AvgIpc) is 3.33. The van der Waals surface area contributed by atoms with Gasteiger partial charge >= 0.3 is 17.9 Å². The number of carbonyl (C=O) groups is 3. The van der Waals surface area contributed by atoms with E-state index in [1.165, 1.54) is 135 Å². The topological polar surface area (TPSA) is 78.9 Å². The number of ether oxygens (including phenoxy) is 3. The fourth-order valence-corrected chi connectivity index (χ4v) is 7.98. The Hall–Kier alpha value is -3.15. The summed E-state index contributed by atoms with van der Waals surface area (Å²) < 4.78 is 16.8. The number of hydrogen-bond donors (Lipinski definition) is 0. The van der Waals surface area contributed by atoms with Crippen LogP contribution >= 0.6 is 0 Å². The molecule has 0 aliphatic heterocycles. The average molecular weight is 936 g/mol. The highest BCUT2D eigenvalue weighted by Crippen LogP contribution is 2.16. The Bertz CT molecular complexity index is 1260. The van der Waals surface area contributed by atoms with E-state index in [4.69, 9.17) is 14.2 Å². The molecule has 0 N–H and O–H groups in total. The van der Waals surface area contributed by atoms with Crippen LogP contribution in [0.1, 0.15) is 278 Å². The second-order valence-electron chi connectivity index (χ2n) is 18.8. The minimum absolute atomic E-state index is 0.0765. The van der Waals surface area contributed by atoms with E-state index in [1.807, 2.05) is 0 Å². The van der Waals surface area contributed by atoms with E-state index < -0.39 is 6.10 Å². The predicted octanol–water partition coefficient (Wildman–Crippen LogP) is 19.0.